The normalized spacial score (nSPS) is 11.5. The highest BCUT2D eigenvalue weighted by atomic mass is 79.9. The molecule has 3 rings (SSSR count). The van der Waals surface area contributed by atoms with Gasteiger partial charge in [-0.15, -0.1) is 0 Å². The van der Waals surface area contributed by atoms with Crippen molar-refractivity contribution >= 4 is 25.8 Å². The van der Waals surface area contributed by atoms with Crippen molar-refractivity contribution in [2.75, 3.05) is 0 Å². The number of halogens is 1. The fourth-order valence-electron chi connectivity index (χ4n) is 1.93. The minimum absolute atomic E-state index is 0.0684. The first-order valence-electron chi connectivity index (χ1n) is 6.41. The highest BCUT2D eigenvalue weighted by Gasteiger charge is 2.19. The molecule has 0 N–H and O–H groups in total. The molecule has 7 heteroatoms. The van der Waals surface area contributed by atoms with Crippen LogP contribution in [0.5, 0.6) is 0 Å². The van der Waals surface area contributed by atoms with Crippen LogP contribution in [-0.4, -0.2) is 18.6 Å². The monoisotopic (exact) mass is 378 g/mol. The second-order valence-corrected chi connectivity index (χ2v) is 7.50. The van der Waals surface area contributed by atoms with E-state index in [-0.39, 0.29) is 16.5 Å². The summed E-state index contributed by atoms with van der Waals surface area (Å²) in [6.45, 7) is 0. The summed E-state index contributed by atoms with van der Waals surface area (Å²) in [4.78, 5) is 4.39. The molecule has 0 atom stereocenters. The minimum Gasteiger partial charge on any atom is -0.338 e. The van der Waals surface area contributed by atoms with Crippen molar-refractivity contribution < 1.29 is 12.9 Å². The summed E-state index contributed by atoms with van der Waals surface area (Å²) in [5.41, 5.74) is 0.751. The Bertz CT molecular complexity index is 892. The van der Waals surface area contributed by atoms with Crippen molar-refractivity contribution in [2.45, 2.75) is 10.6 Å². The van der Waals surface area contributed by atoms with E-state index in [4.69, 9.17) is 4.52 Å². The Balaban J connectivity index is 1.86. The van der Waals surface area contributed by atoms with Gasteiger partial charge in [0.2, 0.25) is 11.7 Å². The molecule has 1 heterocycles. The van der Waals surface area contributed by atoms with Crippen LogP contribution in [-0.2, 0) is 15.6 Å². The zero-order chi connectivity index (χ0) is 15.6. The molecule has 0 unspecified atom stereocenters. The number of benzene rings is 2. The maximum atomic E-state index is 12.3. The van der Waals surface area contributed by atoms with Crippen LogP contribution in [0.3, 0.4) is 0 Å². The van der Waals surface area contributed by atoms with Crippen LogP contribution in [0.2, 0.25) is 0 Å². The van der Waals surface area contributed by atoms with Gasteiger partial charge in [0, 0.05) is 10.0 Å². The molecule has 0 spiro atoms. The van der Waals surface area contributed by atoms with Crippen LogP contribution in [0.1, 0.15) is 5.89 Å². The molecule has 0 aliphatic heterocycles. The summed E-state index contributed by atoms with van der Waals surface area (Å²) in [7, 11) is -3.50. The van der Waals surface area contributed by atoms with Crippen molar-refractivity contribution in [3.63, 3.8) is 0 Å². The van der Waals surface area contributed by atoms with Crippen LogP contribution < -0.4 is 0 Å². The Morgan fingerprint density at radius 2 is 1.82 bits per heavy atom. The lowest BCUT2D eigenvalue weighted by atomic mass is 10.2. The summed E-state index contributed by atoms with van der Waals surface area (Å²) < 4.78 is 30.5. The molecule has 0 amide bonds. The molecule has 0 saturated heterocycles. The van der Waals surface area contributed by atoms with Gasteiger partial charge < -0.3 is 4.52 Å². The van der Waals surface area contributed by atoms with Gasteiger partial charge in [-0.2, -0.15) is 4.98 Å². The fourth-order valence-corrected chi connectivity index (χ4v) is 3.51. The number of rotatable bonds is 4. The molecule has 2 aromatic carbocycles. The van der Waals surface area contributed by atoms with E-state index in [1.54, 1.807) is 30.3 Å². The molecule has 0 fully saturated rings. The van der Waals surface area contributed by atoms with Gasteiger partial charge in [0.25, 0.3) is 0 Å². The van der Waals surface area contributed by atoms with Gasteiger partial charge in [-0.25, -0.2) is 8.42 Å². The zero-order valence-corrected chi connectivity index (χ0v) is 13.7. The molecule has 5 nitrogen and oxygen atoms in total. The maximum absolute atomic E-state index is 12.3. The number of aromatic nitrogens is 2. The molecule has 3 aromatic rings. The van der Waals surface area contributed by atoms with Crippen LogP contribution in [0.15, 0.2) is 68.5 Å². The fraction of sp³-hybridized carbons (Fsp3) is 0.0667. The van der Waals surface area contributed by atoms with Gasteiger partial charge in [-0.05, 0) is 24.3 Å². The summed E-state index contributed by atoms with van der Waals surface area (Å²) in [6, 6.07) is 15.6. The number of sulfone groups is 1. The Hall–Kier alpha value is -1.99. The second-order valence-electron chi connectivity index (χ2n) is 4.59. The van der Waals surface area contributed by atoms with Crippen molar-refractivity contribution in [2.24, 2.45) is 0 Å². The SMILES string of the molecule is O=S(=O)(Cc1nc(-c2cccc(Br)c2)no1)c1ccccc1. The van der Waals surface area contributed by atoms with Crippen molar-refractivity contribution in [3.8, 4) is 11.4 Å². The van der Waals surface area contributed by atoms with E-state index in [0.29, 0.717) is 5.82 Å². The number of nitrogens with zero attached hydrogens (tertiary/aromatic N) is 2. The smallest absolute Gasteiger partial charge is 0.242 e. The van der Waals surface area contributed by atoms with E-state index in [1.165, 1.54) is 0 Å². The van der Waals surface area contributed by atoms with Gasteiger partial charge in [-0.1, -0.05) is 51.4 Å². The van der Waals surface area contributed by atoms with Gasteiger partial charge in [-0.3, -0.25) is 0 Å². The van der Waals surface area contributed by atoms with Crippen LogP contribution in [0, 0.1) is 0 Å². The number of hydrogen-bond acceptors (Lipinski definition) is 5. The van der Waals surface area contributed by atoms with E-state index in [1.807, 2.05) is 24.3 Å². The summed E-state index contributed by atoms with van der Waals surface area (Å²) in [5, 5.41) is 3.83. The van der Waals surface area contributed by atoms with Crippen LogP contribution >= 0.6 is 15.9 Å². The first-order chi connectivity index (χ1) is 10.5. The first-order valence-corrected chi connectivity index (χ1v) is 8.85. The third-order valence-corrected chi connectivity index (χ3v) is 5.08. The summed E-state index contributed by atoms with van der Waals surface area (Å²) in [5.74, 6) is 0.108. The lowest BCUT2D eigenvalue weighted by Crippen LogP contribution is -2.05. The van der Waals surface area contributed by atoms with E-state index >= 15 is 0 Å². The van der Waals surface area contributed by atoms with Gasteiger partial charge in [0.1, 0.15) is 5.75 Å². The third-order valence-electron chi connectivity index (χ3n) is 2.97. The zero-order valence-electron chi connectivity index (χ0n) is 11.3. The summed E-state index contributed by atoms with van der Waals surface area (Å²) in [6.07, 6.45) is 0. The molecule has 0 aliphatic carbocycles. The molecule has 0 aliphatic rings. The average Bonchev–Trinajstić information content (AvgIpc) is 2.96. The largest absolute Gasteiger partial charge is 0.338 e. The van der Waals surface area contributed by atoms with Crippen molar-refractivity contribution in [1.29, 1.82) is 0 Å². The quantitative estimate of drug-likeness (QED) is 0.694. The average molecular weight is 379 g/mol. The van der Waals surface area contributed by atoms with E-state index in [2.05, 4.69) is 26.1 Å². The number of hydrogen-bond donors (Lipinski definition) is 0. The van der Waals surface area contributed by atoms with E-state index < -0.39 is 9.84 Å². The van der Waals surface area contributed by atoms with Gasteiger partial charge in [0.15, 0.2) is 9.84 Å². The minimum atomic E-state index is -3.50. The molecular weight excluding hydrogens is 368 g/mol. The molecule has 22 heavy (non-hydrogen) atoms. The van der Waals surface area contributed by atoms with Crippen LogP contribution in [0.4, 0.5) is 0 Å². The van der Waals surface area contributed by atoms with E-state index in [0.717, 1.165) is 10.0 Å². The second kappa shape index (κ2) is 6.02. The lowest BCUT2D eigenvalue weighted by molar-refractivity contribution is 0.389. The lowest BCUT2D eigenvalue weighted by Gasteiger charge is -2.00. The van der Waals surface area contributed by atoms with Crippen molar-refractivity contribution in [1.82, 2.24) is 10.1 Å². The van der Waals surface area contributed by atoms with Gasteiger partial charge in [0.05, 0.1) is 4.90 Å². The molecule has 112 valence electrons. The summed E-state index contributed by atoms with van der Waals surface area (Å²) >= 11 is 3.36. The van der Waals surface area contributed by atoms with Crippen molar-refractivity contribution in [3.05, 3.63) is 65.0 Å². The molecule has 1 aromatic heterocycles. The molecule has 0 saturated carbocycles. The Morgan fingerprint density at radius 3 is 2.55 bits per heavy atom. The predicted octanol–water partition coefficient (Wildman–Crippen LogP) is 3.47. The highest BCUT2D eigenvalue weighted by molar-refractivity contribution is 9.10. The molecule has 0 bridgehead atoms. The first kappa shape index (κ1) is 14.9. The molecule has 0 radical (unpaired) electrons. The third kappa shape index (κ3) is 3.26. The molecular formula is C15H11BrN2O3S. The van der Waals surface area contributed by atoms with E-state index in [9.17, 15) is 8.42 Å². The Morgan fingerprint density at radius 1 is 1.05 bits per heavy atom. The Kier molecular flexibility index (Phi) is 4.08. The van der Waals surface area contributed by atoms with Crippen LogP contribution in [0.25, 0.3) is 11.4 Å². The predicted molar refractivity (Wildman–Crippen MR) is 84.8 cm³/mol. The Labute approximate surface area is 136 Å². The maximum Gasteiger partial charge on any atom is 0.242 e. The standard InChI is InChI=1S/C15H11BrN2O3S/c16-12-6-4-5-11(9-12)15-17-14(21-18-15)10-22(19,20)13-7-2-1-3-8-13/h1-9H,10H2. The van der Waals surface area contributed by atoms with Gasteiger partial charge >= 0.3 is 0 Å². The highest BCUT2D eigenvalue weighted by Crippen LogP contribution is 2.22. The topological polar surface area (TPSA) is 73.1 Å².